The Morgan fingerprint density at radius 2 is 1.57 bits per heavy atom. The van der Waals surface area contributed by atoms with Crippen molar-refractivity contribution in [1.29, 1.82) is 0 Å². The number of rotatable bonds is 3. The van der Waals surface area contributed by atoms with Crippen LogP contribution in [0.1, 0.15) is 5.56 Å². The summed E-state index contributed by atoms with van der Waals surface area (Å²) in [6.45, 7) is 0. The van der Waals surface area contributed by atoms with Crippen LogP contribution in [0.25, 0.3) is 11.1 Å². The van der Waals surface area contributed by atoms with Gasteiger partial charge in [-0.3, -0.25) is 0 Å². The predicted molar refractivity (Wildman–Crippen MR) is 70.1 cm³/mol. The van der Waals surface area contributed by atoms with Crippen molar-refractivity contribution < 1.29 is 35.8 Å². The molecule has 0 radical (unpaired) electrons. The zero-order valence-corrected chi connectivity index (χ0v) is 11.6. The van der Waals surface area contributed by atoms with Crippen molar-refractivity contribution >= 4 is 0 Å². The predicted octanol–water partition coefficient (Wildman–Crippen LogP) is 5.28. The Morgan fingerprint density at radius 1 is 0.870 bits per heavy atom. The largest absolute Gasteiger partial charge is 0.573 e. The second-order valence-corrected chi connectivity index (χ2v) is 4.49. The van der Waals surface area contributed by atoms with Crippen molar-refractivity contribution in [1.82, 2.24) is 0 Å². The molecule has 0 aliphatic carbocycles. The number of hydrogen-bond donors (Lipinski definition) is 0. The van der Waals surface area contributed by atoms with Crippen molar-refractivity contribution in [3.63, 3.8) is 0 Å². The average Bonchev–Trinajstić information content (AvgIpc) is 2.44. The first-order valence-electron chi connectivity index (χ1n) is 6.21. The Hall–Kier alpha value is -2.38. The third kappa shape index (κ3) is 4.30. The van der Waals surface area contributed by atoms with Gasteiger partial charge in [-0.1, -0.05) is 18.2 Å². The lowest BCUT2D eigenvalue weighted by Gasteiger charge is -2.14. The number of methoxy groups -OCH3 is 1. The molecule has 0 unspecified atom stereocenters. The maximum absolute atomic E-state index is 12.7. The summed E-state index contributed by atoms with van der Waals surface area (Å²) in [6, 6.07) is 7.64. The van der Waals surface area contributed by atoms with Crippen LogP contribution < -0.4 is 9.47 Å². The first-order chi connectivity index (χ1) is 10.6. The van der Waals surface area contributed by atoms with Crippen molar-refractivity contribution in [2.24, 2.45) is 0 Å². The molecule has 2 rings (SSSR count). The Balaban J connectivity index is 2.44. The van der Waals surface area contributed by atoms with Crippen LogP contribution in [0.5, 0.6) is 11.5 Å². The molecule has 0 saturated carbocycles. The van der Waals surface area contributed by atoms with E-state index in [-0.39, 0.29) is 16.9 Å². The minimum Gasteiger partial charge on any atom is -0.496 e. The van der Waals surface area contributed by atoms with E-state index < -0.39 is 23.9 Å². The molecule has 0 aliphatic rings. The van der Waals surface area contributed by atoms with Gasteiger partial charge in [0.2, 0.25) is 0 Å². The minimum atomic E-state index is -4.86. The van der Waals surface area contributed by atoms with Crippen molar-refractivity contribution in [2.75, 3.05) is 7.11 Å². The Labute approximate surface area is 127 Å². The van der Waals surface area contributed by atoms with Gasteiger partial charge in [-0.2, -0.15) is 13.2 Å². The quantitative estimate of drug-likeness (QED) is 0.710. The van der Waals surface area contributed by atoms with Crippen LogP contribution in [0.4, 0.5) is 26.3 Å². The van der Waals surface area contributed by atoms with Crippen molar-refractivity contribution in [2.45, 2.75) is 12.5 Å². The third-order valence-corrected chi connectivity index (χ3v) is 2.91. The lowest BCUT2D eigenvalue weighted by atomic mass is 10.0. The van der Waals surface area contributed by atoms with Gasteiger partial charge in [0.15, 0.2) is 0 Å². The summed E-state index contributed by atoms with van der Waals surface area (Å²) in [5.74, 6) is -0.582. The lowest BCUT2D eigenvalue weighted by Crippen LogP contribution is -2.17. The molecule has 0 saturated heterocycles. The molecule has 0 atom stereocenters. The summed E-state index contributed by atoms with van der Waals surface area (Å²) in [4.78, 5) is 0. The standard InChI is InChI=1S/C15H10F6O2/c1-22-13-8-10(14(16,17)18)5-6-12(13)9-3-2-4-11(7-9)23-15(19,20)21/h2-8H,1H3. The average molecular weight is 336 g/mol. The van der Waals surface area contributed by atoms with Crippen molar-refractivity contribution in [3.8, 4) is 22.6 Å². The molecule has 2 aromatic carbocycles. The number of benzene rings is 2. The van der Waals surface area contributed by atoms with E-state index in [4.69, 9.17) is 4.74 Å². The first kappa shape index (κ1) is 17.0. The van der Waals surface area contributed by atoms with E-state index in [2.05, 4.69) is 4.74 Å². The van der Waals surface area contributed by atoms with E-state index in [9.17, 15) is 26.3 Å². The maximum atomic E-state index is 12.7. The van der Waals surface area contributed by atoms with E-state index in [1.165, 1.54) is 19.2 Å². The second kappa shape index (κ2) is 6.02. The number of halogens is 6. The van der Waals surface area contributed by atoms with Gasteiger partial charge in [-0.25, -0.2) is 0 Å². The molecule has 0 aromatic heterocycles. The van der Waals surface area contributed by atoms with Crippen LogP contribution in [-0.2, 0) is 6.18 Å². The van der Waals surface area contributed by atoms with Crippen LogP contribution in [0.2, 0.25) is 0 Å². The molecule has 0 amide bonds. The summed E-state index contributed by atoms with van der Waals surface area (Å²) in [6.07, 6.45) is -9.41. The normalized spacial score (nSPS) is 12.1. The highest BCUT2D eigenvalue weighted by atomic mass is 19.4. The summed E-state index contributed by atoms with van der Waals surface area (Å²) in [5.41, 5.74) is -0.466. The number of ether oxygens (including phenoxy) is 2. The van der Waals surface area contributed by atoms with Crippen molar-refractivity contribution in [3.05, 3.63) is 48.0 Å². The molecular weight excluding hydrogens is 326 g/mol. The molecule has 8 heteroatoms. The van der Waals surface area contributed by atoms with E-state index >= 15 is 0 Å². The highest BCUT2D eigenvalue weighted by Gasteiger charge is 2.32. The zero-order valence-electron chi connectivity index (χ0n) is 11.6. The maximum Gasteiger partial charge on any atom is 0.573 e. The second-order valence-electron chi connectivity index (χ2n) is 4.49. The van der Waals surface area contributed by atoms with Gasteiger partial charge in [-0.15, -0.1) is 13.2 Å². The van der Waals surface area contributed by atoms with E-state index in [1.54, 1.807) is 0 Å². The third-order valence-electron chi connectivity index (χ3n) is 2.91. The van der Waals surface area contributed by atoms with E-state index in [0.717, 1.165) is 30.3 Å². The Bertz CT molecular complexity index is 691. The monoisotopic (exact) mass is 336 g/mol. The van der Waals surface area contributed by atoms with Gasteiger partial charge in [0.25, 0.3) is 0 Å². The Morgan fingerprint density at radius 3 is 2.13 bits per heavy atom. The molecule has 0 aliphatic heterocycles. The molecule has 0 fully saturated rings. The molecule has 0 spiro atoms. The summed E-state index contributed by atoms with van der Waals surface area (Å²) >= 11 is 0. The Kier molecular flexibility index (Phi) is 4.44. The van der Waals surface area contributed by atoms with Crippen LogP contribution in [0, 0.1) is 0 Å². The fraction of sp³-hybridized carbons (Fsp3) is 0.200. The summed E-state index contributed by atoms with van der Waals surface area (Å²) in [5, 5.41) is 0. The molecule has 0 N–H and O–H groups in total. The lowest BCUT2D eigenvalue weighted by molar-refractivity contribution is -0.274. The SMILES string of the molecule is COc1cc(C(F)(F)F)ccc1-c1cccc(OC(F)(F)F)c1. The van der Waals surface area contributed by atoms with E-state index in [0.29, 0.717) is 0 Å². The molecule has 2 aromatic rings. The first-order valence-corrected chi connectivity index (χ1v) is 6.21. The summed E-state index contributed by atoms with van der Waals surface area (Å²) < 4.78 is 83.5. The topological polar surface area (TPSA) is 18.5 Å². The molecular formula is C15H10F6O2. The van der Waals surface area contributed by atoms with Gasteiger partial charge in [0.1, 0.15) is 11.5 Å². The molecule has 23 heavy (non-hydrogen) atoms. The summed E-state index contributed by atoms with van der Waals surface area (Å²) in [7, 11) is 1.18. The van der Waals surface area contributed by atoms with Crippen LogP contribution in [0.15, 0.2) is 42.5 Å². The van der Waals surface area contributed by atoms with Gasteiger partial charge in [0.05, 0.1) is 12.7 Å². The zero-order chi connectivity index (χ0) is 17.3. The number of alkyl halides is 6. The number of hydrogen-bond acceptors (Lipinski definition) is 2. The molecule has 124 valence electrons. The van der Waals surface area contributed by atoms with Gasteiger partial charge < -0.3 is 9.47 Å². The van der Waals surface area contributed by atoms with Gasteiger partial charge in [0, 0.05) is 5.56 Å². The molecule has 0 heterocycles. The van der Waals surface area contributed by atoms with E-state index in [1.807, 2.05) is 0 Å². The molecule has 0 bridgehead atoms. The van der Waals surface area contributed by atoms with Gasteiger partial charge in [-0.05, 0) is 29.8 Å². The van der Waals surface area contributed by atoms with Crippen LogP contribution >= 0.6 is 0 Å². The smallest absolute Gasteiger partial charge is 0.496 e. The van der Waals surface area contributed by atoms with Crippen LogP contribution in [-0.4, -0.2) is 13.5 Å². The molecule has 2 nitrogen and oxygen atoms in total. The highest BCUT2D eigenvalue weighted by Crippen LogP contribution is 2.38. The fourth-order valence-electron chi connectivity index (χ4n) is 1.97. The highest BCUT2D eigenvalue weighted by molar-refractivity contribution is 5.72. The van der Waals surface area contributed by atoms with Gasteiger partial charge >= 0.3 is 12.5 Å². The minimum absolute atomic E-state index is 0.107. The fourth-order valence-corrected chi connectivity index (χ4v) is 1.97. The van der Waals surface area contributed by atoms with Crippen LogP contribution in [0.3, 0.4) is 0 Å².